The lowest BCUT2D eigenvalue weighted by molar-refractivity contribution is -0.214. The van der Waals surface area contributed by atoms with E-state index in [1.165, 1.54) is 11.1 Å². The van der Waals surface area contributed by atoms with Gasteiger partial charge in [0.05, 0.1) is 13.2 Å². The third-order valence-corrected chi connectivity index (χ3v) is 13.3. The highest BCUT2D eigenvalue weighted by atomic mass is 79.9. The number of aliphatic hydroxyl groups is 8. The van der Waals surface area contributed by atoms with Gasteiger partial charge in [-0.25, -0.2) is 0 Å². The lowest BCUT2D eigenvalue weighted by atomic mass is 9.73. The zero-order chi connectivity index (χ0) is 41.4. The summed E-state index contributed by atoms with van der Waals surface area (Å²) in [5.74, 6) is 12.2. The van der Waals surface area contributed by atoms with Crippen LogP contribution in [0.3, 0.4) is 0 Å². The number of fused-ring (bicyclic) bond motifs is 6. The highest BCUT2D eigenvalue weighted by Gasteiger charge is 2.45. The van der Waals surface area contributed by atoms with Crippen LogP contribution in [-0.4, -0.2) is 115 Å². The van der Waals surface area contributed by atoms with E-state index in [1.807, 2.05) is 24.3 Å². The summed E-state index contributed by atoms with van der Waals surface area (Å²) >= 11 is 7.45. The molecule has 10 nitrogen and oxygen atoms in total. The minimum absolute atomic E-state index is 0.473. The van der Waals surface area contributed by atoms with Crippen LogP contribution in [0.1, 0.15) is 59.7 Å². The van der Waals surface area contributed by atoms with Crippen molar-refractivity contribution in [3.8, 4) is 45.9 Å². The molecule has 0 saturated carbocycles. The van der Waals surface area contributed by atoms with Gasteiger partial charge in [-0.3, -0.25) is 0 Å². The molecule has 0 radical (unpaired) electrons. The van der Waals surface area contributed by atoms with Crippen molar-refractivity contribution in [2.75, 3.05) is 13.2 Å². The molecule has 4 aromatic rings. The fourth-order valence-electron chi connectivity index (χ4n) is 9.11. The maximum atomic E-state index is 10.8. The Bertz CT molecular complexity index is 2350. The van der Waals surface area contributed by atoms with Crippen molar-refractivity contribution in [1.82, 2.24) is 0 Å². The molecule has 2 aliphatic carbocycles. The molecule has 8 rings (SSSR count). The summed E-state index contributed by atoms with van der Waals surface area (Å²) in [6.07, 6.45) is -12.9. The predicted octanol–water partition coefficient (Wildman–Crippen LogP) is 3.43. The van der Waals surface area contributed by atoms with Crippen molar-refractivity contribution in [2.45, 2.75) is 99.1 Å². The lowest BCUT2D eigenvalue weighted by Gasteiger charge is -2.37. The van der Waals surface area contributed by atoms with E-state index in [2.05, 4.69) is 119 Å². The minimum Gasteiger partial charge on any atom is -0.394 e. The van der Waals surface area contributed by atoms with Crippen molar-refractivity contribution in [3.63, 3.8) is 0 Å². The van der Waals surface area contributed by atoms with Crippen molar-refractivity contribution < 1.29 is 50.3 Å². The van der Waals surface area contributed by atoms with Crippen LogP contribution in [-0.2, 0) is 26.7 Å². The Morgan fingerprint density at radius 2 is 1.03 bits per heavy atom. The molecular formula is C46H44Br2O10. The average Bonchev–Trinajstić information content (AvgIpc) is 3.57. The molecule has 10 atom stereocenters. The zero-order valence-electron chi connectivity index (χ0n) is 31.9. The van der Waals surface area contributed by atoms with E-state index in [-0.39, 0.29) is 0 Å². The van der Waals surface area contributed by atoms with E-state index in [0.717, 1.165) is 47.9 Å². The van der Waals surface area contributed by atoms with E-state index in [9.17, 15) is 40.9 Å². The van der Waals surface area contributed by atoms with Crippen LogP contribution in [0.15, 0.2) is 75.7 Å². The molecule has 12 heteroatoms. The lowest BCUT2D eigenvalue weighted by Crippen LogP contribution is -2.58. The maximum Gasteiger partial charge on any atom is 0.147 e. The van der Waals surface area contributed by atoms with E-state index >= 15 is 0 Å². The minimum atomic E-state index is -1.55. The second kappa shape index (κ2) is 15.5. The van der Waals surface area contributed by atoms with Crippen molar-refractivity contribution in [3.05, 3.63) is 115 Å². The van der Waals surface area contributed by atoms with Crippen LogP contribution in [0, 0.1) is 23.7 Å². The third-order valence-electron chi connectivity index (χ3n) is 12.3. The van der Waals surface area contributed by atoms with Crippen molar-refractivity contribution in [2.24, 2.45) is 0 Å². The number of halogens is 2. The molecule has 2 heterocycles. The Balaban J connectivity index is 1.25. The highest BCUT2D eigenvalue weighted by molar-refractivity contribution is 9.10. The van der Waals surface area contributed by atoms with Crippen LogP contribution in [0.25, 0.3) is 22.3 Å². The molecule has 4 aromatic carbocycles. The normalized spacial score (nSPS) is 29.9. The van der Waals surface area contributed by atoms with E-state index in [0.29, 0.717) is 17.5 Å². The van der Waals surface area contributed by atoms with Gasteiger partial charge in [-0.15, -0.1) is 0 Å². The fourth-order valence-corrected chi connectivity index (χ4v) is 9.83. The number of rotatable bonds is 4. The molecule has 302 valence electrons. The smallest absolute Gasteiger partial charge is 0.147 e. The number of hydrogen-bond acceptors (Lipinski definition) is 10. The van der Waals surface area contributed by atoms with Crippen LogP contribution in [0.4, 0.5) is 0 Å². The van der Waals surface area contributed by atoms with Crippen molar-refractivity contribution >= 4 is 31.9 Å². The molecule has 58 heavy (non-hydrogen) atoms. The van der Waals surface area contributed by atoms with Gasteiger partial charge in [-0.05, 0) is 105 Å². The summed E-state index contributed by atoms with van der Waals surface area (Å²) in [6, 6.07) is 22.8. The largest absolute Gasteiger partial charge is 0.394 e. The van der Waals surface area contributed by atoms with Gasteiger partial charge in [0.2, 0.25) is 0 Å². The Hall–Kier alpha value is -3.44. The van der Waals surface area contributed by atoms with Crippen molar-refractivity contribution in [1.29, 1.82) is 0 Å². The number of aliphatic hydroxyl groups excluding tert-OH is 8. The van der Waals surface area contributed by atoms with Crippen LogP contribution >= 0.6 is 31.9 Å². The number of benzene rings is 4. The van der Waals surface area contributed by atoms with Gasteiger partial charge in [0.1, 0.15) is 61.0 Å². The van der Waals surface area contributed by atoms with Gasteiger partial charge >= 0.3 is 0 Å². The van der Waals surface area contributed by atoms with Gasteiger partial charge in [-0.1, -0.05) is 94.5 Å². The summed E-state index contributed by atoms with van der Waals surface area (Å²) in [4.78, 5) is 0. The number of ether oxygens (including phenoxy) is 2. The standard InChI is InChI=1S/C46H44Br2O10/c1-45(2)30-15-22(5-12-34-39(51)43(55)41(53)36(20-49)57-34)4-9-29(30)38-24(14-23(16-33(38)45)6-13-35-40(52)44(56)42(54)37(21-50)58-35)19-46(3)31-17-25(47)7-10-27(31)28-11-8-26(48)18-32(28)46/h4,7-11,14-18,34-37,39-44,49-56H,19-21H2,1-3H3/t34-,35-,36-,37-,39-,40-,41-,42-,43-,44-/m1/s1. The summed E-state index contributed by atoms with van der Waals surface area (Å²) in [5, 5.41) is 82.2. The molecule has 0 spiro atoms. The van der Waals surface area contributed by atoms with E-state index < -0.39 is 85.1 Å². The molecule has 2 saturated heterocycles. The highest BCUT2D eigenvalue weighted by Crippen LogP contribution is 2.55. The predicted molar refractivity (Wildman–Crippen MR) is 223 cm³/mol. The first-order valence-electron chi connectivity index (χ1n) is 19.1. The van der Waals surface area contributed by atoms with Gasteiger partial charge in [0, 0.05) is 30.9 Å². The molecule has 0 amide bonds. The molecule has 8 N–H and O–H groups in total. The SMILES string of the molecule is CC1(C)c2cc(C#C[C@H]3O[C@H](CO)[C@@H](O)[C@H](O)[C@@H]3O)ccc2-c2c(CC3(C)c4cc(Br)ccc4-c4ccc(Br)cc43)cc(C#C[C@H]3O[C@H](CO)[C@@H](O)[C@H](O)[C@@H]3O)cc21. The first kappa shape index (κ1) is 41.3. The summed E-state index contributed by atoms with van der Waals surface area (Å²) in [6.45, 7) is 5.41. The van der Waals surface area contributed by atoms with Gasteiger partial charge in [-0.2, -0.15) is 0 Å². The Labute approximate surface area is 353 Å². The molecule has 2 aliphatic heterocycles. The monoisotopic (exact) mass is 914 g/mol. The summed E-state index contributed by atoms with van der Waals surface area (Å²) < 4.78 is 13.3. The Kier molecular flexibility index (Phi) is 11.1. The van der Waals surface area contributed by atoms with E-state index in [1.54, 1.807) is 0 Å². The molecule has 2 fully saturated rings. The number of hydrogen-bond donors (Lipinski definition) is 8. The van der Waals surface area contributed by atoms with Gasteiger partial charge in [0.15, 0.2) is 0 Å². The van der Waals surface area contributed by atoms with Crippen LogP contribution in [0.2, 0.25) is 0 Å². The Morgan fingerprint density at radius 3 is 1.55 bits per heavy atom. The topological polar surface area (TPSA) is 180 Å². The average molecular weight is 917 g/mol. The fraction of sp³-hybridized carbons (Fsp3) is 0.391. The second-order valence-electron chi connectivity index (χ2n) is 16.4. The zero-order valence-corrected chi connectivity index (χ0v) is 35.1. The van der Waals surface area contributed by atoms with E-state index in [4.69, 9.17) is 9.47 Å². The van der Waals surface area contributed by atoms with Gasteiger partial charge < -0.3 is 50.3 Å². The van der Waals surface area contributed by atoms with Crippen LogP contribution in [0.5, 0.6) is 0 Å². The van der Waals surface area contributed by atoms with Crippen LogP contribution < -0.4 is 0 Å². The maximum absolute atomic E-state index is 10.8. The first-order chi connectivity index (χ1) is 27.6. The summed E-state index contributed by atoms with van der Waals surface area (Å²) in [5.41, 5.74) is 10.1. The molecule has 4 aliphatic rings. The molecule has 0 unspecified atom stereocenters. The first-order valence-corrected chi connectivity index (χ1v) is 20.7. The second-order valence-corrected chi connectivity index (χ2v) is 18.2. The van der Waals surface area contributed by atoms with Gasteiger partial charge in [0.25, 0.3) is 0 Å². The molecule has 0 aromatic heterocycles. The summed E-state index contributed by atoms with van der Waals surface area (Å²) in [7, 11) is 0. The quantitative estimate of drug-likeness (QED) is 0.142. The molecular weight excluding hydrogens is 872 g/mol. The molecule has 0 bridgehead atoms. The Morgan fingerprint density at radius 1 is 0.552 bits per heavy atom. The third kappa shape index (κ3) is 6.88.